The van der Waals surface area contributed by atoms with Gasteiger partial charge in [-0.05, 0) is 103 Å². The summed E-state index contributed by atoms with van der Waals surface area (Å²) in [5.74, 6) is 0.458. The van der Waals surface area contributed by atoms with Crippen molar-refractivity contribution in [1.82, 2.24) is 35.4 Å². The lowest BCUT2D eigenvalue weighted by Gasteiger charge is -2.34. The second-order valence-electron chi connectivity index (χ2n) is 16.9. The molecule has 0 spiro atoms. The summed E-state index contributed by atoms with van der Waals surface area (Å²) in [7, 11) is 2.63. The lowest BCUT2D eigenvalue weighted by atomic mass is 9.90. The molecule has 14 nitrogen and oxygen atoms in total. The minimum atomic E-state index is -0.680. The number of rotatable bonds is 11. The highest BCUT2D eigenvalue weighted by Crippen LogP contribution is 2.43. The van der Waals surface area contributed by atoms with Gasteiger partial charge in [0.15, 0.2) is 0 Å². The first kappa shape index (κ1) is 44.4. The van der Waals surface area contributed by atoms with Crippen LogP contribution in [0.4, 0.5) is 9.59 Å². The number of benzene rings is 2. The number of H-pyrrole nitrogens is 2. The van der Waals surface area contributed by atoms with Gasteiger partial charge in [0, 0.05) is 37.7 Å². The predicted octanol–water partition coefficient (Wildman–Crippen LogP) is 8.11. The molecule has 4 aromatic rings. The van der Waals surface area contributed by atoms with E-state index in [2.05, 4.69) is 69.1 Å². The lowest BCUT2D eigenvalue weighted by Crippen LogP contribution is -2.53. The highest BCUT2D eigenvalue weighted by molar-refractivity contribution is 5.87. The molecule has 5 heterocycles. The normalized spacial score (nSPS) is 19.7. The van der Waals surface area contributed by atoms with Crippen LogP contribution in [-0.4, -0.2) is 101 Å². The molecule has 4 amide bonds. The zero-order valence-corrected chi connectivity index (χ0v) is 37.1. The summed E-state index contributed by atoms with van der Waals surface area (Å²) in [6.45, 7) is 10.3. The van der Waals surface area contributed by atoms with Gasteiger partial charge in [0.1, 0.15) is 17.9 Å². The van der Waals surface area contributed by atoms with E-state index in [0.717, 1.165) is 90.1 Å². The van der Waals surface area contributed by atoms with Gasteiger partial charge in [0.25, 0.3) is 0 Å². The predicted molar refractivity (Wildman–Crippen MR) is 237 cm³/mol. The molecule has 4 N–H and O–H groups in total. The molecule has 0 radical (unpaired) electrons. The second kappa shape index (κ2) is 20.0. The molecule has 62 heavy (non-hydrogen) atoms. The van der Waals surface area contributed by atoms with Crippen molar-refractivity contribution >= 4 is 24.0 Å². The Balaban J connectivity index is 0.00000285. The number of hydrogen-bond donors (Lipinski definition) is 4. The summed E-state index contributed by atoms with van der Waals surface area (Å²) < 4.78 is 15.2. The average Bonchev–Trinajstić information content (AvgIpc) is 4.17. The molecule has 2 aromatic carbocycles. The number of imidazole rings is 1. The Morgan fingerprint density at radius 3 is 1.90 bits per heavy atom. The number of methoxy groups -OCH3 is 2. The fraction of sp³-hybridized carbons (Fsp3) is 0.521. The third-order valence-electron chi connectivity index (χ3n) is 13.0. The molecule has 3 aliphatic heterocycles. The van der Waals surface area contributed by atoms with Crippen LogP contribution in [0.5, 0.6) is 0 Å². The molecule has 3 saturated heterocycles. The van der Waals surface area contributed by atoms with Crippen molar-refractivity contribution in [1.29, 1.82) is 0 Å². The van der Waals surface area contributed by atoms with E-state index >= 15 is 0 Å². The van der Waals surface area contributed by atoms with E-state index in [4.69, 9.17) is 19.2 Å². The topological polar surface area (TPSA) is 171 Å². The lowest BCUT2D eigenvalue weighted by molar-refractivity contribution is -0.137. The van der Waals surface area contributed by atoms with Crippen molar-refractivity contribution in [3.63, 3.8) is 0 Å². The van der Waals surface area contributed by atoms with Gasteiger partial charge in [-0.1, -0.05) is 76.2 Å². The fourth-order valence-corrected chi connectivity index (χ4v) is 9.78. The Morgan fingerprint density at radius 2 is 1.27 bits per heavy atom. The van der Waals surface area contributed by atoms with Crippen molar-refractivity contribution in [2.45, 2.75) is 110 Å². The van der Waals surface area contributed by atoms with Crippen molar-refractivity contribution in [3.05, 3.63) is 77.4 Å². The fourth-order valence-electron chi connectivity index (χ4n) is 9.78. The van der Waals surface area contributed by atoms with Gasteiger partial charge in [0.2, 0.25) is 11.8 Å². The summed E-state index contributed by atoms with van der Waals surface area (Å²) in [4.78, 5) is 68.1. The summed E-state index contributed by atoms with van der Waals surface area (Å²) in [5.41, 5.74) is 10.1. The third-order valence-corrected chi connectivity index (χ3v) is 13.0. The van der Waals surface area contributed by atoms with Crippen molar-refractivity contribution in [2.24, 2.45) is 11.8 Å². The molecule has 0 saturated carbocycles. The molecule has 1 aliphatic carbocycles. The highest BCUT2D eigenvalue weighted by atomic mass is 16.5. The van der Waals surface area contributed by atoms with Crippen LogP contribution in [0.15, 0.2) is 54.7 Å². The van der Waals surface area contributed by atoms with Gasteiger partial charge in [-0.25, -0.2) is 14.6 Å². The number of amides is 4. The zero-order valence-electron chi connectivity index (χ0n) is 37.1. The molecule has 332 valence electrons. The minimum Gasteiger partial charge on any atom is -0.453 e. The average molecular weight is 850 g/mol. The standard InChI is InChI=1S/C46H57N7O7.C2H6/c1-27(2)38(50-45(56)58-3)43(54)52-22-6-10-36(52)41-34-9-5-8-33(34)39(49-41)31-18-14-29(15-19-31)28-12-16-30(17-13-28)35-26-47-42(48-35)37-11-7-23-53(37)44(55)40(51-46(57)59-4)32-20-24-60-25-21-32;1-2/h12-19,26-27,32,36-38,40,49H,5-11,20-25H2,1-4H3,(H,47,48)(H,50,56)(H,51,57);1-2H3. The van der Waals surface area contributed by atoms with Crippen LogP contribution in [0.1, 0.15) is 107 Å². The van der Waals surface area contributed by atoms with Crippen LogP contribution in [0.2, 0.25) is 0 Å². The summed E-state index contributed by atoms with van der Waals surface area (Å²) in [6.07, 6.45) is 8.51. The van der Waals surface area contributed by atoms with Crippen LogP contribution in [0.3, 0.4) is 0 Å². The highest BCUT2D eigenvalue weighted by Gasteiger charge is 2.41. The molecule has 0 bridgehead atoms. The largest absolute Gasteiger partial charge is 0.453 e. The first-order chi connectivity index (χ1) is 30.1. The molecular formula is C48H63N7O7. The number of hydrogen-bond acceptors (Lipinski definition) is 8. The van der Waals surface area contributed by atoms with Crippen LogP contribution >= 0.6 is 0 Å². The Morgan fingerprint density at radius 1 is 0.710 bits per heavy atom. The SMILES string of the molecule is CC.COC(=O)NC(C(=O)N1CCCC1c1[nH]c(-c2ccc(-c3ccc(-c4cnc(C5CCCN5C(=O)C(NC(=O)OC)C5CCOCC5)[nH]4)cc3)cc2)c2c1CCC2)C(C)C. The van der Waals surface area contributed by atoms with E-state index in [9.17, 15) is 19.2 Å². The van der Waals surface area contributed by atoms with Crippen molar-refractivity contribution in [3.8, 4) is 33.6 Å². The smallest absolute Gasteiger partial charge is 0.407 e. The maximum atomic E-state index is 14.0. The van der Waals surface area contributed by atoms with E-state index in [1.54, 1.807) is 0 Å². The number of carbonyl (C=O) groups excluding carboxylic acids is 4. The van der Waals surface area contributed by atoms with E-state index in [1.807, 2.05) is 43.7 Å². The first-order valence-electron chi connectivity index (χ1n) is 22.5. The van der Waals surface area contributed by atoms with Crippen molar-refractivity contribution < 1.29 is 33.4 Å². The molecule has 8 rings (SSSR count). The summed E-state index contributed by atoms with van der Waals surface area (Å²) >= 11 is 0. The van der Waals surface area contributed by atoms with Gasteiger partial charge < -0.3 is 44.6 Å². The van der Waals surface area contributed by atoms with Gasteiger partial charge in [-0.2, -0.15) is 0 Å². The van der Waals surface area contributed by atoms with Crippen LogP contribution < -0.4 is 10.6 Å². The minimum absolute atomic E-state index is 0.0232. The van der Waals surface area contributed by atoms with Gasteiger partial charge in [0.05, 0.1) is 38.2 Å². The number of likely N-dealkylation sites (tertiary alicyclic amines) is 2. The molecular weight excluding hydrogens is 787 g/mol. The number of carbonyl (C=O) groups is 4. The summed E-state index contributed by atoms with van der Waals surface area (Å²) in [5, 5.41) is 5.59. The van der Waals surface area contributed by atoms with Crippen LogP contribution in [0.25, 0.3) is 33.6 Å². The number of aromatic nitrogens is 3. The molecule has 2 aromatic heterocycles. The van der Waals surface area contributed by atoms with Crippen LogP contribution in [-0.2, 0) is 36.6 Å². The molecule has 4 unspecified atom stereocenters. The quantitative estimate of drug-likeness (QED) is 0.117. The van der Waals surface area contributed by atoms with Gasteiger partial charge in [-0.15, -0.1) is 0 Å². The monoisotopic (exact) mass is 849 g/mol. The number of aromatic amines is 2. The molecule has 4 atom stereocenters. The van der Waals surface area contributed by atoms with E-state index in [-0.39, 0.29) is 35.7 Å². The van der Waals surface area contributed by atoms with E-state index in [1.165, 1.54) is 25.3 Å². The maximum absolute atomic E-state index is 14.0. The number of nitrogens with one attached hydrogen (secondary N) is 4. The second-order valence-corrected chi connectivity index (χ2v) is 16.9. The van der Waals surface area contributed by atoms with Gasteiger partial charge >= 0.3 is 12.2 Å². The van der Waals surface area contributed by atoms with E-state index in [0.29, 0.717) is 39.1 Å². The Hall–Kier alpha value is -5.63. The maximum Gasteiger partial charge on any atom is 0.407 e. The third kappa shape index (κ3) is 9.25. The molecule has 4 aliphatic rings. The zero-order chi connectivity index (χ0) is 43.9. The van der Waals surface area contributed by atoms with Crippen LogP contribution in [0, 0.1) is 11.8 Å². The number of nitrogens with zero attached hydrogens (tertiary/aromatic N) is 3. The number of fused-ring (bicyclic) bond motifs is 1. The number of ether oxygens (including phenoxy) is 3. The van der Waals surface area contributed by atoms with Crippen molar-refractivity contribution in [2.75, 3.05) is 40.5 Å². The Labute approximate surface area is 364 Å². The summed E-state index contributed by atoms with van der Waals surface area (Å²) in [6, 6.07) is 15.5. The Kier molecular flexibility index (Phi) is 14.4. The molecule has 14 heteroatoms. The van der Waals surface area contributed by atoms with E-state index < -0.39 is 24.3 Å². The molecule has 3 fully saturated rings. The number of alkyl carbamates (subject to hydrolysis) is 2. The first-order valence-corrected chi connectivity index (χ1v) is 22.5. The van der Waals surface area contributed by atoms with Gasteiger partial charge in [-0.3, -0.25) is 9.59 Å². The Bertz CT molecular complexity index is 2170.